The number of fused-ring (bicyclic) bond motifs is 3. The largest absolute Gasteiger partial charge is 0.310 e. The van der Waals surface area contributed by atoms with Crippen LogP contribution in [0.4, 0.5) is 51.2 Å². The van der Waals surface area contributed by atoms with Gasteiger partial charge in [-0.3, -0.25) is 0 Å². The van der Waals surface area contributed by atoms with Gasteiger partial charge in [-0.25, -0.2) is 0 Å². The molecule has 0 amide bonds. The fraction of sp³-hybridized carbons (Fsp3) is 0.0233. The molecule has 1 aliphatic carbocycles. The molecule has 0 fully saturated rings. The summed E-state index contributed by atoms with van der Waals surface area (Å²) in [5.41, 5.74) is 32.7. The van der Waals surface area contributed by atoms with Crippen LogP contribution in [-0.2, 0) is 5.41 Å². The molecule has 0 bridgehead atoms. The molecule has 0 radical (unpaired) electrons. The molecule has 0 unspecified atom stereocenters. The van der Waals surface area contributed by atoms with Crippen molar-refractivity contribution in [1.82, 2.24) is 9.13 Å². The minimum atomic E-state index is -0.0925. The van der Waals surface area contributed by atoms with Gasteiger partial charge in [0.25, 0.3) is 0 Å². The second-order valence-corrected chi connectivity index (χ2v) is 40.8. The Kier molecular flexibility index (Phi) is 19.6. The summed E-state index contributed by atoms with van der Waals surface area (Å²) in [6.07, 6.45) is 0. The average Bonchev–Trinajstić information content (AvgIpc) is 1.55. The Labute approximate surface area is 817 Å². The second kappa shape index (κ2) is 33.2. The summed E-state index contributed by atoms with van der Waals surface area (Å²) in [5, 5.41) is 16.4. The molecule has 0 N–H and O–H groups in total. The van der Waals surface area contributed by atoms with Gasteiger partial charge in [0, 0.05) is 161 Å². The zero-order chi connectivity index (χ0) is 91.2. The summed E-state index contributed by atoms with van der Waals surface area (Å²) in [6, 6.07) is 175. The van der Waals surface area contributed by atoms with E-state index in [-0.39, 0.29) is 5.41 Å². The summed E-state index contributed by atoms with van der Waals surface area (Å²) >= 11 is 7.61. The zero-order valence-electron chi connectivity index (χ0n) is 75.5. The molecule has 6 heterocycles. The van der Waals surface area contributed by atoms with Crippen LogP contribution in [0.3, 0.4) is 0 Å². The van der Waals surface area contributed by atoms with Gasteiger partial charge in [0.05, 0.1) is 27.8 Å². The average molecular weight is 1830 g/mol. The first-order chi connectivity index (χ1) is 68.2. The first kappa shape index (κ1) is 81.4. The first-order valence-electron chi connectivity index (χ1n) is 47.2. The molecular formula is C129H85N5S4. The molecule has 0 saturated heterocycles. The lowest BCUT2D eigenvalue weighted by atomic mass is 9.82. The Morgan fingerprint density at radius 1 is 0.203 bits per heavy atom. The number of hydrogen-bond donors (Lipinski definition) is 0. The van der Waals surface area contributed by atoms with Crippen LogP contribution in [0.2, 0.25) is 0 Å². The van der Waals surface area contributed by atoms with E-state index in [1.165, 1.54) is 192 Å². The third kappa shape index (κ3) is 13.5. The van der Waals surface area contributed by atoms with E-state index < -0.39 is 0 Å². The number of anilines is 9. The summed E-state index contributed by atoms with van der Waals surface area (Å²) < 4.78 is 7.64. The quantitative estimate of drug-likeness (QED) is 0.101. The fourth-order valence-corrected chi connectivity index (χ4v) is 26.9. The van der Waals surface area contributed by atoms with E-state index in [1.807, 2.05) is 46.6 Å². The molecule has 5 nitrogen and oxygen atoms in total. The molecule has 0 saturated carbocycles. The van der Waals surface area contributed by atoms with E-state index in [4.69, 9.17) is 0 Å². The van der Waals surface area contributed by atoms with Gasteiger partial charge < -0.3 is 23.8 Å². The van der Waals surface area contributed by atoms with E-state index in [2.05, 4.69) is 517 Å². The molecular weight excluding hydrogens is 1750 g/mol. The number of benzene rings is 22. The van der Waals surface area contributed by atoms with E-state index in [1.54, 1.807) is 0 Å². The van der Waals surface area contributed by atoms with Gasteiger partial charge in [0.1, 0.15) is 0 Å². The van der Waals surface area contributed by atoms with Crippen molar-refractivity contribution in [3.05, 3.63) is 490 Å². The Morgan fingerprint density at radius 2 is 0.565 bits per heavy atom. The number of rotatable bonds is 15. The van der Waals surface area contributed by atoms with Crippen LogP contribution >= 0.6 is 46.6 Å². The first-order valence-corrected chi connectivity index (χ1v) is 50.4. The van der Waals surface area contributed by atoms with Crippen LogP contribution in [0.25, 0.3) is 163 Å². The van der Waals surface area contributed by atoms with Crippen molar-refractivity contribution < 1.29 is 0 Å². The molecule has 22 aromatic carbocycles. The summed E-state index contributed by atoms with van der Waals surface area (Å²) in [5.74, 6) is 0. The van der Waals surface area contributed by atoms with E-state index in [0.29, 0.717) is 0 Å². The number of para-hydroxylation sites is 3. The van der Waals surface area contributed by atoms with Crippen LogP contribution in [0.15, 0.2) is 509 Å². The van der Waals surface area contributed by atoms with E-state index in [0.717, 1.165) is 62.6 Å². The maximum Gasteiger partial charge on any atom is 0.0552 e. The van der Waals surface area contributed by atoms with Gasteiger partial charge in [-0.1, -0.05) is 328 Å². The predicted octanol–water partition coefficient (Wildman–Crippen LogP) is 37.9. The van der Waals surface area contributed by atoms with Crippen LogP contribution in [0.5, 0.6) is 0 Å². The molecule has 4 aliphatic rings. The minimum absolute atomic E-state index is 0.0925. The SMILES string of the molecule is CC1(C)c2ccccc2-c2ccc(N(c3ccc(-n4c5cccc6c5c5c7c(cccc7ccc54)S6)cc3)c3cccc(-c4ccccc4)c3)cc21.c1ccc(-c2cccc(N(c3ccccc3)c3ccc(-c4cc5cccc6c5c5c4sc4cccc(c45)S6)cc3)c2)cc1.c1ccc(-c2ccccc2N(c2ccccc2)c2ccc(-n3c4cccc5c4c4c6c(cccc6ccc43)S5)cc2)cc1. The van der Waals surface area contributed by atoms with Crippen LogP contribution in [-0.4, -0.2) is 9.13 Å². The Balaban J connectivity index is 0.000000105. The van der Waals surface area contributed by atoms with Crippen molar-refractivity contribution in [3.8, 4) is 67.0 Å². The molecule has 29 rings (SSSR count). The van der Waals surface area contributed by atoms with E-state index >= 15 is 0 Å². The predicted molar refractivity (Wildman–Crippen MR) is 589 cm³/mol. The van der Waals surface area contributed by atoms with Crippen molar-refractivity contribution >= 4 is 194 Å². The highest BCUT2D eigenvalue weighted by Crippen LogP contribution is 2.58. The smallest absolute Gasteiger partial charge is 0.0552 e. The normalized spacial score (nSPS) is 12.7. The van der Waals surface area contributed by atoms with E-state index in [9.17, 15) is 0 Å². The molecule has 0 atom stereocenters. The maximum atomic E-state index is 2.45. The van der Waals surface area contributed by atoms with Crippen LogP contribution < -0.4 is 14.7 Å². The van der Waals surface area contributed by atoms with Crippen molar-refractivity contribution in [2.24, 2.45) is 0 Å². The third-order valence-corrected chi connectivity index (χ3v) is 32.9. The zero-order valence-corrected chi connectivity index (χ0v) is 78.7. The molecule has 9 heteroatoms. The lowest BCUT2D eigenvalue weighted by Gasteiger charge is -2.28. The summed E-state index contributed by atoms with van der Waals surface area (Å²) in [7, 11) is 0. The number of aromatic nitrogens is 2. The van der Waals surface area contributed by atoms with Crippen LogP contribution in [0, 0.1) is 0 Å². The van der Waals surface area contributed by atoms with Crippen molar-refractivity contribution in [2.45, 2.75) is 48.6 Å². The van der Waals surface area contributed by atoms with Gasteiger partial charge in [0.2, 0.25) is 0 Å². The molecule has 650 valence electrons. The van der Waals surface area contributed by atoms with Crippen molar-refractivity contribution in [2.75, 3.05) is 14.7 Å². The van der Waals surface area contributed by atoms with Gasteiger partial charge in [-0.05, 0) is 272 Å². The number of nitrogens with zero attached hydrogens (tertiary/aromatic N) is 5. The lowest BCUT2D eigenvalue weighted by molar-refractivity contribution is 0.660. The van der Waals surface area contributed by atoms with Gasteiger partial charge in [0.15, 0.2) is 0 Å². The van der Waals surface area contributed by atoms with Crippen molar-refractivity contribution in [3.63, 3.8) is 0 Å². The molecule has 25 aromatic rings. The Morgan fingerprint density at radius 3 is 1.11 bits per heavy atom. The Hall–Kier alpha value is -16.1. The Bertz CT molecular complexity index is 9190. The highest BCUT2D eigenvalue weighted by Gasteiger charge is 2.37. The summed E-state index contributed by atoms with van der Waals surface area (Å²) in [6.45, 7) is 4.71. The molecule has 3 aromatic heterocycles. The molecule has 0 spiro atoms. The second-order valence-electron chi connectivity index (χ2n) is 36.5. The summed E-state index contributed by atoms with van der Waals surface area (Å²) in [4.78, 5) is 15.2. The third-order valence-electron chi connectivity index (χ3n) is 28.3. The number of thiophene rings is 1. The maximum absolute atomic E-state index is 2.45. The minimum Gasteiger partial charge on any atom is -0.310 e. The topological polar surface area (TPSA) is 19.6 Å². The van der Waals surface area contributed by atoms with Gasteiger partial charge in [-0.2, -0.15) is 0 Å². The monoisotopic (exact) mass is 1830 g/mol. The van der Waals surface area contributed by atoms with Gasteiger partial charge in [-0.15, -0.1) is 11.3 Å². The fourth-order valence-electron chi connectivity index (χ4n) is 22.1. The number of hydrogen-bond acceptors (Lipinski definition) is 7. The van der Waals surface area contributed by atoms with Gasteiger partial charge >= 0.3 is 0 Å². The highest BCUT2D eigenvalue weighted by atomic mass is 32.2. The van der Waals surface area contributed by atoms with Crippen molar-refractivity contribution in [1.29, 1.82) is 0 Å². The molecule has 138 heavy (non-hydrogen) atoms. The highest BCUT2D eigenvalue weighted by molar-refractivity contribution is 8.00. The standard InChI is InChI=1S/C49H34N2S.C40H26N2S.C40H25NS2/c1-49(2)40-17-7-6-16-38(40)39-27-26-37(30-41(39)49)50(36-15-8-14-33(29-36)31-11-4-3-5-12-31)34-22-24-35(25-23-34)51-42-18-10-20-45-47(42)48-43(51)28-21-32-13-9-19-44(52-45)46(32)48;1-3-11-27(12-4-1)32-16-7-8-17-33(32)41(29-14-5-2-6-15-29)30-22-24-31(25-23-30)42-34-18-10-20-37-39(34)40-35(42)26-21-28-13-9-19-36(43-37)38(28)40;1-3-10-26(11-4-1)28-12-7-16-32(24-28)41(30-14-5-2-6-15-30)31-22-20-27(21-23-31)33-25-29-13-8-17-34-37(29)39-38-35(42-34)18-9-19-36(38)43-40(33)39/h3-30H,1-2H3;1-26H;1-25H. The molecule has 3 aliphatic heterocycles. The lowest BCUT2D eigenvalue weighted by Crippen LogP contribution is -2.16. The van der Waals surface area contributed by atoms with Crippen LogP contribution in [0.1, 0.15) is 25.0 Å².